The number of anilines is 1. The summed E-state index contributed by atoms with van der Waals surface area (Å²) in [6, 6.07) is 7.36. The minimum absolute atomic E-state index is 0.0538. The van der Waals surface area contributed by atoms with E-state index >= 15 is 0 Å². The van der Waals surface area contributed by atoms with E-state index in [1.807, 2.05) is 29.2 Å². The molecule has 2 aliphatic rings. The molecule has 31 heavy (non-hydrogen) atoms. The lowest BCUT2D eigenvalue weighted by Crippen LogP contribution is -2.49. The largest absolute Gasteiger partial charge is 0.463 e. The van der Waals surface area contributed by atoms with E-state index in [4.69, 9.17) is 9.47 Å². The third-order valence-electron chi connectivity index (χ3n) is 5.77. The SMILES string of the molecule is CCOC(=O)/C=C/c1ccc(NC(=O)N2CCC(CN3CC(C)OC(C)C3)CC2)cc1. The van der Waals surface area contributed by atoms with Crippen LogP contribution in [0.3, 0.4) is 0 Å². The first-order chi connectivity index (χ1) is 14.9. The number of rotatable bonds is 6. The molecule has 2 unspecified atom stereocenters. The summed E-state index contributed by atoms with van der Waals surface area (Å²) >= 11 is 0. The molecule has 0 bridgehead atoms. The van der Waals surface area contributed by atoms with Crippen LogP contribution in [0.1, 0.15) is 39.2 Å². The Morgan fingerprint density at radius 3 is 2.39 bits per heavy atom. The van der Waals surface area contributed by atoms with Crippen molar-refractivity contribution in [3.63, 3.8) is 0 Å². The van der Waals surface area contributed by atoms with Crippen LogP contribution in [-0.2, 0) is 14.3 Å². The van der Waals surface area contributed by atoms with Gasteiger partial charge in [-0.25, -0.2) is 9.59 Å². The number of hydrogen-bond donors (Lipinski definition) is 1. The summed E-state index contributed by atoms with van der Waals surface area (Å²) in [5.41, 5.74) is 1.62. The number of carbonyl (C=O) groups excluding carboxylic acids is 2. The van der Waals surface area contributed by atoms with Crippen molar-refractivity contribution < 1.29 is 19.1 Å². The van der Waals surface area contributed by atoms with Gasteiger partial charge in [-0.2, -0.15) is 0 Å². The zero-order valence-corrected chi connectivity index (χ0v) is 18.9. The fraction of sp³-hybridized carbons (Fsp3) is 0.583. The molecule has 3 rings (SSSR count). The van der Waals surface area contributed by atoms with Crippen molar-refractivity contribution in [2.75, 3.05) is 44.6 Å². The van der Waals surface area contributed by atoms with Gasteiger partial charge in [0, 0.05) is 44.5 Å². The average molecular weight is 430 g/mol. The summed E-state index contributed by atoms with van der Waals surface area (Å²) in [5, 5.41) is 2.98. The van der Waals surface area contributed by atoms with E-state index in [2.05, 4.69) is 24.1 Å². The fourth-order valence-electron chi connectivity index (χ4n) is 4.35. The van der Waals surface area contributed by atoms with Gasteiger partial charge in [-0.3, -0.25) is 4.90 Å². The second kappa shape index (κ2) is 11.3. The smallest absolute Gasteiger partial charge is 0.330 e. The molecule has 0 radical (unpaired) electrons. The van der Waals surface area contributed by atoms with Crippen molar-refractivity contribution in [2.24, 2.45) is 5.92 Å². The molecule has 2 saturated heterocycles. The standard InChI is InChI=1S/C24H35N3O4/c1-4-30-23(28)10-7-20-5-8-22(9-6-20)25-24(29)27-13-11-21(12-14-27)17-26-15-18(2)31-19(3)16-26/h5-10,18-19,21H,4,11-17H2,1-3H3,(H,25,29)/b10-7+. The minimum Gasteiger partial charge on any atom is -0.463 e. The van der Waals surface area contributed by atoms with Crippen LogP contribution in [0.5, 0.6) is 0 Å². The molecule has 170 valence electrons. The number of ether oxygens (including phenoxy) is 2. The van der Waals surface area contributed by atoms with Crippen LogP contribution in [0.2, 0.25) is 0 Å². The zero-order valence-electron chi connectivity index (χ0n) is 18.9. The first kappa shape index (κ1) is 23.3. The van der Waals surface area contributed by atoms with Gasteiger partial charge in [-0.1, -0.05) is 12.1 Å². The molecule has 1 aromatic rings. The molecule has 0 aliphatic carbocycles. The van der Waals surface area contributed by atoms with Crippen molar-refractivity contribution in [3.05, 3.63) is 35.9 Å². The number of morpholine rings is 1. The van der Waals surface area contributed by atoms with Crippen LogP contribution in [-0.4, -0.2) is 73.3 Å². The van der Waals surface area contributed by atoms with Crippen LogP contribution in [0, 0.1) is 5.92 Å². The number of nitrogens with one attached hydrogen (secondary N) is 1. The summed E-state index contributed by atoms with van der Waals surface area (Å²) in [4.78, 5) is 28.4. The van der Waals surface area contributed by atoms with E-state index in [1.54, 1.807) is 13.0 Å². The highest BCUT2D eigenvalue weighted by Crippen LogP contribution is 2.22. The van der Waals surface area contributed by atoms with Crippen LogP contribution >= 0.6 is 0 Å². The maximum atomic E-state index is 12.6. The van der Waals surface area contributed by atoms with E-state index in [-0.39, 0.29) is 12.0 Å². The summed E-state index contributed by atoms with van der Waals surface area (Å²) in [5.74, 6) is 0.271. The lowest BCUT2D eigenvalue weighted by atomic mass is 9.96. The number of hydrogen-bond acceptors (Lipinski definition) is 5. The maximum Gasteiger partial charge on any atom is 0.330 e. The molecular weight excluding hydrogens is 394 g/mol. The Bertz CT molecular complexity index is 747. The van der Waals surface area contributed by atoms with Crippen LogP contribution in [0.4, 0.5) is 10.5 Å². The van der Waals surface area contributed by atoms with Crippen LogP contribution < -0.4 is 5.32 Å². The molecule has 2 atom stereocenters. The third kappa shape index (κ3) is 7.36. The Morgan fingerprint density at radius 1 is 1.13 bits per heavy atom. The Balaban J connectivity index is 1.42. The van der Waals surface area contributed by atoms with Gasteiger partial charge in [0.25, 0.3) is 0 Å². The predicted molar refractivity (Wildman–Crippen MR) is 122 cm³/mol. The summed E-state index contributed by atoms with van der Waals surface area (Å²) in [6.45, 7) is 11.1. The number of esters is 1. The lowest BCUT2D eigenvalue weighted by molar-refractivity contribution is -0.137. The molecule has 2 heterocycles. The second-order valence-electron chi connectivity index (χ2n) is 8.54. The molecular formula is C24H35N3O4. The van der Waals surface area contributed by atoms with E-state index in [0.29, 0.717) is 24.7 Å². The highest BCUT2D eigenvalue weighted by Gasteiger charge is 2.28. The number of benzene rings is 1. The Kier molecular flexibility index (Phi) is 8.49. The van der Waals surface area contributed by atoms with Crippen molar-refractivity contribution in [1.82, 2.24) is 9.80 Å². The lowest BCUT2D eigenvalue weighted by Gasteiger charge is -2.39. The molecule has 2 aliphatic heterocycles. The molecule has 0 spiro atoms. The van der Waals surface area contributed by atoms with Gasteiger partial charge >= 0.3 is 12.0 Å². The monoisotopic (exact) mass is 429 g/mol. The Labute approximate surface area is 185 Å². The highest BCUT2D eigenvalue weighted by atomic mass is 16.5. The van der Waals surface area contributed by atoms with Crippen LogP contribution in [0.15, 0.2) is 30.3 Å². The van der Waals surface area contributed by atoms with E-state index in [0.717, 1.165) is 56.8 Å². The zero-order chi connectivity index (χ0) is 22.2. The van der Waals surface area contributed by atoms with Gasteiger partial charge in [-0.15, -0.1) is 0 Å². The molecule has 2 fully saturated rings. The molecule has 7 heteroatoms. The number of carbonyl (C=O) groups is 2. The molecule has 0 aromatic heterocycles. The third-order valence-corrected chi connectivity index (χ3v) is 5.77. The van der Waals surface area contributed by atoms with E-state index in [9.17, 15) is 9.59 Å². The minimum atomic E-state index is -0.360. The first-order valence-corrected chi connectivity index (χ1v) is 11.3. The quantitative estimate of drug-likeness (QED) is 0.552. The highest BCUT2D eigenvalue weighted by molar-refractivity contribution is 5.90. The maximum absolute atomic E-state index is 12.6. The molecule has 2 amide bonds. The van der Waals surface area contributed by atoms with Crippen molar-refractivity contribution >= 4 is 23.8 Å². The van der Waals surface area contributed by atoms with Gasteiger partial charge in [0.1, 0.15) is 0 Å². The normalized spacial score (nSPS) is 23.1. The number of nitrogens with zero attached hydrogens (tertiary/aromatic N) is 2. The number of amides is 2. The van der Waals surface area contributed by atoms with E-state index < -0.39 is 0 Å². The summed E-state index contributed by atoms with van der Waals surface area (Å²) < 4.78 is 10.7. The first-order valence-electron chi connectivity index (χ1n) is 11.3. The number of urea groups is 1. The molecule has 0 saturated carbocycles. The van der Waals surface area contributed by atoms with Crippen LogP contribution in [0.25, 0.3) is 6.08 Å². The van der Waals surface area contributed by atoms with Gasteiger partial charge in [0.2, 0.25) is 0 Å². The number of piperidine rings is 1. The van der Waals surface area contributed by atoms with Gasteiger partial charge in [0.05, 0.1) is 18.8 Å². The van der Waals surface area contributed by atoms with Crippen molar-refractivity contribution in [2.45, 2.75) is 45.8 Å². The predicted octanol–water partition coefficient (Wildman–Crippen LogP) is 3.62. The average Bonchev–Trinajstić information content (AvgIpc) is 2.73. The Morgan fingerprint density at radius 2 is 1.77 bits per heavy atom. The molecule has 1 N–H and O–H groups in total. The number of likely N-dealkylation sites (tertiary alicyclic amines) is 1. The summed E-state index contributed by atoms with van der Waals surface area (Å²) in [6.07, 6.45) is 5.75. The second-order valence-corrected chi connectivity index (χ2v) is 8.54. The van der Waals surface area contributed by atoms with Gasteiger partial charge in [0.15, 0.2) is 0 Å². The topological polar surface area (TPSA) is 71.1 Å². The molecule has 1 aromatic carbocycles. The van der Waals surface area contributed by atoms with Gasteiger partial charge < -0.3 is 19.7 Å². The summed E-state index contributed by atoms with van der Waals surface area (Å²) in [7, 11) is 0. The van der Waals surface area contributed by atoms with Gasteiger partial charge in [-0.05, 0) is 63.3 Å². The molecule has 7 nitrogen and oxygen atoms in total. The van der Waals surface area contributed by atoms with Crippen molar-refractivity contribution in [3.8, 4) is 0 Å². The van der Waals surface area contributed by atoms with E-state index in [1.165, 1.54) is 6.08 Å². The Hall–Kier alpha value is -2.38. The fourth-order valence-corrected chi connectivity index (χ4v) is 4.35. The van der Waals surface area contributed by atoms with Crippen molar-refractivity contribution in [1.29, 1.82) is 0 Å².